The van der Waals surface area contributed by atoms with E-state index in [-0.39, 0.29) is 11.2 Å². The first-order valence-corrected chi connectivity index (χ1v) is 8.05. The zero-order valence-corrected chi connectivity index (χ0v) is 13.1. The van der Waals surface area contributed by atoms with Gasteiger partial charge in [-0.3, -0.25) is 9.00 Å². The highest BCUT2D eigenvalue weighted by Crippen LogP contribution is 2.13. The average molecular weight is 309 g/mol. The maximum atomic E-state index is 12.0. The molecule has 1 aromatic rings. The summed E-state index contributed by atoms with van der Waals surface area (Å²) in [5, 5.41) is 11.2. The van der Waals surface area contributed by atoms with Crippen molar-refractivity contribution in [2.75, 3.05) is 12.8 Å². The molecule has 0 heterocycles. The van der Waals surface area contributed by atoms with E-state index in [0.29, 0.717) is 17.7 Å². The number of nitrogens with one attached hydrogen (secondary N) is 1. The predicted octanol–water partition coefficient (Wildman–Crippen LogP) is 1.59. The number of benzene rings is 1. The summed E-state index contributed by atoms with van der Waals surface area (Å²) >= 11 is 0. The predicted molar refractivity (Wildman–Crippen MR) is 83.7 cm³/mol. The van der Waals surface area contributed by atoms with Gasteiger partial charge in [0.25, 0.3) is 5.91 Å². The Morgan fingerprint density at radius 1 is 1.43 bits per heavy atom. The van der Waals surface area contributed by atoms with Crippen LogP contribution >= 0.6 is 0 Å². The Bertz CT molecular complexity index is 595. The van der Waals surface area contributed by atoms with Gasteiger partial charge in [0.1, 0.15) is 0 Å². The molecule has 2 unspecified atom stereocenters. The monoisotopic (exact) mass is 309 g/mol. The molecular weight excluding hydrogens is 290 g/mol. The van der Waals surface area contributed by atoms with E-state index >= 15 is 0 Å². The zero-order valence-electron chi connectivity index (χ0n) is 12.3. The van der Waals surface area contributed by atoms with E-state index in [4.69, 9.17) is 5.11 Å². The van der Waals surface area contributed by atoms with Crippen molar-refractivity contribution in [3.8, 4) is 0 Å². The Labute approximate surface area is 126 Å². The summed E-state index contributed by atoms with van der Waals surface area (Å²) in [6.07, 6.45) is 4.09. The maximum absolute atomic E-state index is 12.0. The van der Waals surface area contributed by atoms with Crippen molar-refractivity contribution in [2.45, 2.75) is 19.1 Å². The quantitative estimate of drug-likeness (QED) is 0.782. The highest BCUT2D eigenvalue weighted by molar-refractivity contribution is 7.84. The van der Waals surface area contributed by atoms with Crippen LogP contribution in [0.4, 0.5) is 0 Å². The third kappa shape index (κ3) is 5.51. The summed E-state index contributed by atoms with van der Waals surface area (Å²) in [5.41, 5.74) is 2.00. The fourth-order valence-corrected chi connectivity index (χ4v) is 1.90. The Hall–Kier alpha value is -1.95. The number of carbonyl (C=O) groups is 2. The minimum atomic E-state index is -1.04. The lowest BCUT2D eigenvalue weighted by Gasteiger charge is -2.11. The van der Waals surface area contributed by atoms with Crippen molar-refractivity contribution < 1.29 is 18.9 Å². The highest BCUT2D eigenvalue weighted by atomic mass is 32.2. The third-order valence-corrected chi connectivity index (χ3v) is 4.36. The molecule has 0 aliphatic rings. The van der Waals surface area contributed by atoms with Gasteiger partial charge in [0.2, 0.25) is 0 Å². The number of aryl methyl sites for hydroxylation is 1. The third-order valence-electron chi connectivity index (χ3n) is 3.06. The van der Waals surface area contributed by atoms with Gasteiger partial charge >= 0.3 is 5.97 Å². The van der Waals surface area contributed by atoms with Crippen molar-refractivity contribution >= 4 is 28.8 Å². The molecule has 0 fully saturated rings. The number of aliphatic carboxylic acids is 1. The van der Waals surface area contributed by atoms with Crippen molar-refractivity contribution in [2.24, 2.45) is 0 Å². The second-order valence-corrected chi connectivity index (χ2v) is 6.56. The molecule has 0 aliphatic carbocycles. The van der Waals surface area contributed by atoms with Crippen molar-refractivity contribution in [1.29, 1.82) is 0 Å². The topological polar surface area (TPSA) is 83.5 Å². The molecular formula is C15H19NO4S. The molecule has 1 aromatic carbocycles. The lowest BCUT2D eigenvalue weighted by atomic mass is 10.0. The molecule has 0 aliphatic heterocycles. The Kier molecular flexibility index (Phi) is 6.30. The number of rotatable bonds is 6. The molecule has 6 heteroatoms. The first kappa shape index (κ1) is 17.1. The summed E-state index contributed by atoms with van der Waals surface area (Å²) in [6.45, 7) is 3.97. The minimum absolute atomic E-state index is 0.120. The standard InChI is InChI=1S/C15H19NO4S/c1-10-4-5-13(8-12(10)6-7-14(17)18)15(19)16-9-11(2)21(3)20/h4-8,11H,9H2,1-3H3,(H,16,19)(H,17,18)/b7-6+. The Morgan fingerprint density at radius 3 is 2.67 bits per heavy atom. The molecule has 2 atom stereocenters. The molecule has 0 aromatic heterocycles. The second-order valence-electron chi connectivity index (χ2n) is 4.76. The summed E-state index contributed by atoms with van der Waals surface area (Å²) in [5.74, 6) is -1.30. The summed E-state index contributed by atoms with van der Waals surface area (Å²) < 4.78 is 11.2. The molecule has 0 bridgehead atoms. The van der Waals surface area contributed by atoms with Crippen LogP contribution in [0.2, 0.25) is 0 Å². The van der Waals surface area contributed by atoms with E-state index in [1.54, 1.807) is 31.4 Å². The van der Waals surface area contributed by atoms with Crippen LogP contribution in [0.5, 0.6) is 0 Å². The maximum Gasteiger partial charge on any atom is 0.328 e. The molecule has 21 heavy (non-hydrogen) atoms. The van der Waals surface area contributed by atoms with E-state index in [0.717, 1.165) is 11.6 Å². The Morgan fingerprint density at radius 2 is 2.10 bits per heavy atom. The SMILES string of the molecule is Cc1ccc(C(=O)NCC(C)S(C)=O)cc1/C=C/C(=O)O. The Balaban J connectivity index is 2.84. The van der Waals surface area contributed by atoms with Gasteiger partial charge in [0.05, 0.1) is 0 Å². The van der Waals surface area contributed by atoms with Crippen LogP contribution < -0.4 is 5.32 Å². The van der Waals surface area contributed by atoms with Crippen molar-refractivity contribution in [3.05, 3.63) is 41.0 Å². The van der Waals surface area contributed by atoms with E-state index in [2.05, 4.69) is 5.32 Å². The van der Waals surface area contributed by atoms with Crippen LogP contribution in [-0.2, 0) is 15.6 Å². The van der Waals surface area contributed by atoms with E-state index < -0.39 is 16.8 Å². The van der Waals surface area contributed by atoms with Crippen LogP contribution in [0.15, 0.2) is 24.3 Å². The molecule has 5 nitrogen and oxygen atoms in total. The van der Waals surface area contributed by atoms with Gasteiger partial charge in [-0.2, -0.15) is 0 Å². The zero-order chi connectivity index (χ0) is 16.0. The molecule has 0 radical (unpaired) electrons. The number of amides is 1. The summed E-state index contributed by atoms with van der Waals surface area (Å²) in [7, 11) is -0.991. The van der Waals surface area contributed by atoms with Gasteiger partial charge in [-0.15, -0.1) is 0 Å². The molecule has 1 amide bonds. The van der Waals surface area contributed by atoms with Gasteiger partial charge in [0.15, 0.2) is 0 Å². The average Bonchev–Trinajstić information content (AvgIpc) is 2.43. The van der Waals surface area contributed by atoms with Gasteiger partial charge < -0.3 is 10.4 Å². The number of hydrogen-bond acceptors (Lipinski definition) is 3. The molecule has 1 rings (SSSR count). The van der Waals surface area contributed by atoms with Gasteiger partial charge in [0, 0.05) is 40.5 Å². The summed E-state index contributed by atoms with van der Waals surface area (Å²) in [4.78, 5) is 22.6. The number of carbonyl (C=O) groups excluding carboxylic acids is 1. The van der Waals surface area contributed by atoms with Crippen LogP contribution in [0.3, 0.4) is 0 Å². The second kappa shape index (κ2) is 7.73. The number of hydrogen-bond donors (Lipinski definition) is 2. The van der Waals surface area contributed by atoms with Crippen LogP contribution in [0.25, 0.3) is 6.08 Å². The smallest absolute Gasteiger partial charge is 0.328 e. The van der Waals surface area contributed by atoms with Gasteiger partial charge in [-0.05, 0) is 43.2 Å². The normalized spacial score (nSPS) is 13.9. The summed E-state index contributed by atoms with van der Waals surface area (Å²) in [6, 6.07) is 5.08. The molecule has 0 spiro atoms. The minimum Gasteiger partial charge on any atom is -0.478 e. The molecule has 114 valence electrons. The van der Waals surface area contributed by atoms with Gasteiger partial charge in [-0.25, -0.2) is 4.79 Å². The van der Waals surface area contributed by atoms with E-state index in [1.807, 2.05) is 6.92 Å². The molecule has 2 N–H and O–H groups in total. The largest absolute Gasteiger partial charge is 0.478 e. The lowest BCUT2D eigenvalue weighted by Crippen LogP contribution is -2.32. The highest BCUT2D eigenvalue weighted by Gasteiger charge is 2.11. The van der Waals surface area contributed by atoms with Crippen molar-refractivity contribution in [3.63, 3.8) is 0 Å². The van der Waals surface area contributed by atoms with Crippen LogP contribution in [0, 0.1) is 6.92 Å². The fourth-order valence-electron chi connectivity index (χ4n) is 1.58. The first-order valence-electron chi connectivity index (χ1n) is 6.43. The fraction of sp³-hybridized carbons (Fsp3) is 0.333. The molecule has 0 saturated carbocycles. The van der Waals surface area contributed by atoms with Crippen LogP contribution in [-0.4, -0.2) is 39.2 Å². The number of carboxylic acids is 1. The van der Waals surface area contributed by atoms with E-state index in [9.17, 15) is 13.8 Å². The van der Waals surface area contributed by atoms with Crippen molar-refractivity contribution in [1.82, 2.24) is 5.32 Å². The lowest BCUT2D eigenvalue weighted by molar-refractivity contribution is -0.131. The number of carboxylic acid groups (broad SMARTS) is 1. The van der Waals surface area contributed by atoms with E-state index in [1.165, 1.54) is 6.08 Å². The molecule has 0 saturated heterocycles. The van der Waals surface area contributed by atoms with Crippen LogP contribution in [0.1, 0.15) is 28.4 Å². The van der Waals surface area contributed by atoms with Gasteiger partial charge in [-0.1, -0.05) is 6.07 Å². The first-order chi connectivity index (χ1) is 9.81.